The summed E-state index contributed by atoms with van der Waals surface area (Å²) in [5.41, 5.74) is 1.23. The van der Waals surface area contributed by atoms with Crippen LogP contribution < -0.4 is 4.72 Å². The summed E-state index contributed by atoms with van der Waals surface area (Å²) in [6.07, 6.45) is 0.765. The van der Waals surface area contributed by atoms with Gasteiger partial charge in [0.05, 0.1) is 4.90 Å². The lowest BCUT2D eigenvalue weighted by Gasteiger charge is -2.17. The number of rotatable bonds is 5. The van der Waals surface area contributed by atoms with E-state index in [0.717, 1.165) is 19.5 Å². The topological polar surface area (TPSA) is 49.4 Å². The SMILES string of the molecule is O=S(=O)(NC1CCN(Cc2ccc3ccccc3c2)C1)c1cc(Cl)cc(Cl)c1. The fraction of sp³-hybridized carbons (Fsp3) is 0.238. The van der Waals surface area contributed by atoms with E-state index in [9.17, 15) is 8.42 Å². The Morgan fingerprint density at radius 1 is 0.964 bits per heavy atom. The lowest BCUT2D eigenvalue weighted by atomic mass is 10.1. The van der Waals surface area contributed by atoms with Crippen molar-refractivity contribution in [3.05, 3.63) is 76.3 Å². The number of likely N-dealkylation sites (tertiary alicyclic amines) is 1. The molecule has 1 saturated heterocycles. The number of fused-ring (bicyclic) bond motifs is 1. The first-order valence-corrected chi connectivity index (χ1v) is 11.3. The van der Waals surface area contributed by atoms with Crippen molar-refractivity contribution in [3.63, 3.8) is 0 Å². The van der Waals surface area contributed by atoms with E-state index in [0.29, 0.717) is 16.6 Å². The average Bonchev–Trinajstić information content (AvgIpc) is 3.07. The second-order valence-corrected chi connectivity index (χ2v) is 9.72. The third kappa shape index (κ3) is 4.50. The molecule has 146 valence electrons. The van der Waals surface area contributed by atoms with Gasteiger partial charge in [-0.2, -0.15) is 0 Å². The van der Waals surface area contributed by atoms with Crippen LogP contribution in [-0.2, 0) is 16.6 Å². The van der Waals surface area contributed by atoms with Crippen LogP contribution >= 0.6 is 23.2 Å². The molecule has 3 aromatic carbocycles. The molecular weight excluding hydrogens is 415 g/mol. The molecule has 0 aliphatic carbocycles. The summed E-state index contributed by atoms with van der Waals surface area (Å²) in [6.45, 7) is 2.31. The van der Waals surface area contributed by atoms with Crippen LogP contribution in [-0.4, -0.2) is 32.4 Å². The lowest BCUT2D eigenvalue weighted by Crippen LogP contribution is -2.37. The van der Waals surface area contributed by atoms with Gasteiger partial charge in [0, 0.05) is 35.7 Å². The van der Waals surface area contributed by atoms with Gasteiger partial charge in [0.1, 0.15) is 0 Å². The largest absolute Gasteiger partial charge is 0.297 e. The van der Waals surface area contributed by atoms with Gasteiger partial charge in [-0.05, 0) is 47.0 Å². The maximum Gasteiger partial charge on any atom is 0.240 e. The zero-order valence-electron chi connectivity index (χ0n) is 15.1. The molecule has 0 amide bonds. The number of sulfonamides is 1. The van der Waals surface area contributed by atoms with Crippen LogP contribution in [0, 0.1) is 0 Å². The number of nitrogens with zero attached hydrogens (tertiary/aromatic N) is 1. The standard InChI is InChI=1S/C21H20Cl2N2O2S/c22-18-10-19(23)12-21(11-18)28(26,27)24-20-7-8-25(14-20)13-15-5-6-16-3-1-2-4-17(16)9-15/h1-6,9-12,20,24H,7-8,13-14H2. The maximum atomic E-state index is 12.7. The van der Waals surface area contributed by atoms with Crippen molar-refractivity contribution in [2.75, 3.05) is 13.1 Å². The quantitative estimate of drug-likeness (QED) is 0.632. The number of nitrogens with one attached hydrogen (secondary N) is 1. The van der Waals surface area contributed by atoms with Gasteiger partial charge in [0.15, 0.2) is 0 Å². The van der Waals surface area contributed by atoms with Gasteiger partial charge >= 0.3 is 0 Å². The smallest absolute Gasteiger partial charge is 0.240 e. The van der Waals surface area contributed by atoms with Gasteiger partial charge in [-0.25, -0.2) is 13.1 Å². The highest BCUT2D eigenvalue weighted by Gasteiger charge is 2.27. The fourth-order valence-electron chi connectivity index (χ4n) is 3.64. The highest BCUT2D eigenvalue weighted by Crippen LogP contribution is 2.24. The van der Waals surface area contributed by atoms with Gasteiger partial charge in [-0.1, -0.05) is 59.6 Å². The Kier molecular flexibility index (Phi) is 5.63. The number of hydrogen-bond donors (Lipinski definition) is 1. The number of hydrogen-bond acceptors (Lipinski definition) is 3. The van der Waals surface area contributed by atoms with Gasteiger partial charge in [0.25, 0.3) is 0 Å². The molecule has 1 N–H and O–H groups in total. The third-order valence-corrected chi connectivity index (χ3v) is 6.90. The van der Waals surface area contributed by atoms with Crippen LogP contribution in [0.5, 0.6) is 0 Å². The Labute approximate surface area is 175 Å². The summed E-state index contributed by atoms with van der Waals surface area (Å²) in [7, 11) is -3.66. The monoisotopic (exact) mass is 434 g/mol. The van der Waals surface area contributed by atoms with E-state index in [1.165, 1.54) is 34.5 Å². The van der Waals surface area contributed by atoms with Crippen molar-refractivity contribution in [1.29, 1.82) is 0 Å². The van der Waals surface area contributed by atoms with Crippen molar-refractivity contribution in [3.8, 4) is 0 Å². The minimum atomic E-state index is -3.66. The highest BCUT2D eigenvalue weighted by atomic mass is 35.5. The van der Waals surface area contributed by atoms with Crippen molar-refractivity contribution < 1.29 is 8.42 Å². The molecular formula is C21H20Cl2N2O2S. The van der Waals surface area contributed by atoms with E-state index < -0.39 is 10.0 Å². The van der Waals surface area contributed by atoms with Gasteiger partial charge in [-0.15, -0.1) is 0 Å². The minimum Gasteiger partial charge on any atom is -0.297 e. The second-order valence-electron chi connectivity index (χ2n) is 7.13. The first-order valence-electron chi connectivity index (χ1n) is 9.07. The van der Waals surface area contributed by atoms with Crippen LogP contribution in [0.2, 0.25) is 10.0 Å². The summed E-state index contributed by atoms with van der Waals surface area (Å²) in [5.74, 6) is 0. The molecule has 0 bridgehead atoms. The van der Waals surface area contributed by atoms with E-state index in [-0.39, 0.29) is 10.9 Å². The predicted octanol–water partition coefficient (Wildman–Crippen LogP) is 4.70. The zero-order valence-corrected chi connectivity index (χ0v) is 17.4. The van der Waals surface area contributed by atoms with E-state index in [1.807, 2.05) is 12.1 Å². The Hall–Kier alpha value is -1.63. The molecule has 28 heavy (non-hydrogen) atoms. The molecule has 1 aliphatic heterocycles. The predicted molar refractivity (Wildman–Crippen MR) is 114 cm³/mol. The summed E-state index contributed by atoms with van der Waals surface area (Å²) in [6, 6.07) is 18.9. The van der Waals surface area contributed by atoms with Gasteiger partial charge < -0.3 is 0 Å². The molecule has 1 heterocycles. The van der Waals surface area contributed by atoms with E-state index >= 15 is 0 Å². The summed E-state index contributed by atoms with van der Waals surface area (Å²) in [4.78, 5) is 2.36. The molecule has 1 atom stereocenters. The summed E-state index contributed by atoms with van der Waals surface area (Å²) in [5, 5.41) is 3.04. The third-order valence-electron chi connectivity index (χ3n) is 4.96. The average molecular weight is 435 g/mol. The molecule has 3 aromatic rings. The Balaban J connectivity index is 1.42. The first-order chi connectivity index (χ1) is 13.4. The number of halogens is 2. The van der Waals surface area contributed by atoms with Gasteiger partial charge in [0.2, 0.25) is 10.0 Å². The van der Waals surface area contributed by atoms with E-state index in [4.69, 9.17) is 23.2 Å². The molecule has 1 unspecified atom stereocenters. The van der Waals surface area contributed by atoms with Crippen LogP contribution in [0.1, 0.15) is 12.0 Å². The Bertz CT molecular complexity index is 1100. The van der Waals surface area contributed by atoms with Crippen molar-refractivity contribution in [2.45, 2.75) is 23.9 Å². The zero-order chi connectivity index (χ0) is 19.7. The molecule has 0 radical (unpaired) electrons. The highest BCUT2D eigenvalue weighted by molar-refractivity contribution is 7.89. The minimum absolute atomic E-state index is 0.0954. The normalized spacial score (nSPS) is 18.0. The molecule has 1 fully saturated rings. The molecule has 4 nitrogen and oxygen atoms in total. The molecule has 1 aliphatic rings. The summed E-state index contributed by atoms with van der Waals surface area (Å²) >= 11 is 11.9. The van der Waals surface area contributed by atoms with Gasteiger partial charge in [-0.3, -0.25) is 4.90 Å². The van der Waals surface area contributed by atoms with Crippen molar-refractivity contribution in [1.82, 2.24) is 9.62 Å². The first kappa shape index (κ1) is 19.7. The van der Waals surface area contributed by atoms with Crippen LogP contribution in [0.15, 0.2) is 65.6 Å². The molecule has 7 heteroatoms. The van der Waals surface area contributed by atoms with Crippen LogP contribution in [0.25, 0.3) is 10.8 Å². The number of benzene rings is 3. The van der Waals surface area contributed by atoms with Crippen LogP contribution in [0.4, 0.5) is 0 Å². The van der Waals surface area contributed by atoms with E-state index in [2.05, 4.69) is 40.0 Å². The molecule has 0 spiro atoms. The van der Waals surface area contributed by atoms with Crippen LogP contribution in [0.3, 0.4) is 0 Å². The Morgan fingerprint density at radius 2 is 1.68 bits per heavy atom. The van der Waals surface area contributed by atoms with Crippen molar-refractivity contribution >= 4 is 44.0 Å². The summed E-state index contributed by atoms with van der Waals surface area (Å²) < 4.78 is 28.1. The molecule has 0 saturated carbocycles. The second kappa shape index (κ2) is 8.01. The molecule has 4 rings (SSSR count). The maximum absolute atomic E-state index is 12.7. The fourth-order valence-corrected chi connectivity index (χ4v) is 5.63. The van der Waals surface area contributed by atoms with E-state index in [1.54, 1.807) is 0 Å². The van der Waals surface area contributed by atoms with Crippen molar-refractivity contribution in [2.24, 2.45) is 0 Å². The molecule has 0 aromatic heterocycles. The Morgan fingerprint density at radius 3 is 2.43 bits per heavy atom. The lowest BCUT2D eigenvalue weighted by molar-refractivity contribution is 0.325.